The third-order valence-electron chi connectivity index (χ3n) is 7.33. The van der Waals surface area contributed by atoms with Crippen LogP contribution in [0.4, 0.5) is 0 Å². The van der Waals surface area contributed by atoms with Gasteiger partial charge in [-0.25, -0.2) is 14.4 Å². The van der Waals surface area contributed by atoms with Gasteiger partial charge in [-0.2, -0.15) is 4.68 Å². The fourth-order valence-electron chi connectivity index (χ4n) is 4.82. The molecule has 0 aliphatic carbocycles. The molecule has 2 aromatic heterocycles. The number of rotatable bonds is 9. The summed E-state index contributed by atoms with van der Waals surface area (Å²) in [6.07, 6.45) is 8.72. The van der Waals surface area contributed by atoms with E-state index in [1.807, 2.05) is 6.92 Å². The van der Waals surface area contributed by atoms with E-state index in [-0.39, 0.29) is 12.3 Å². The van der Waals surface area contributed by atoms with Crippen LogP contribution >= 0.6 is 46.4 Å². The highest BCUT2D eigenvalue weighted by Crippen LogP contribution is 2.33. The maximum Gasteiger partial charge on any atom is 0.350 e. The van der Waals surface area contributed by atoms with Gasteiger partial charge in [0.05, 0.1) is 20.8 Å². The third kappa shape index (κ3) is 10.3. The van der Waals surface area contributed by atoms with E-state index in [1.54, 1.807) is 59.3 Å². The molecule has 16 heteroatoms. The van der Waals surface area contributed by atoms with E-state index < -0.39 is 24.6 Å². The number of aliphatic carboxylic acids is 2. The molecule has 1 aliphatic heterocycles. The summed E-state index contributed by atoms with van der Waals surface area (Å²) in [5, 5.41) is 24.1. The normalized spacial score (nSPS) is 12.2. The van der Waals surface area contributed by atoms with Crippen LogP contribution in [0.5, 0.6) is 17.2 Å². The van der Waals surface area contributed by atoms with Gasteiger partial charge in [-0.15, -0.1) is 11.5 Å². The second-order valence-electron chi connectivity index (χ2n) is 11.1. The third-order valence-corrected chi connectivity index (χ3v) is 8.49. The number of halogens is 4. The molecule has 1 unspecified atom stereocenters. The number of hydrogen-bond donors (Lipinski definition) is 2. The lowest BCUT2D eigenvalue weighted by atomic mass is 10.2. The van der Waals surface area contributed by atoms with Gasteiger partial charge in [-0.05, 0) is 80.8 Å². The van der Waals surface area contributed by atoms with Crippen LogP contribution in [0.1, 0.15) is 31.2 Å². The standard InChI is InChI=1S/C15H13Cl2N3O2.C11H8ClNO3.C10H11ClO3/c1-2-7-22-13-9-12(10(16)8-11(13)17)20-15(21)19-6-4-3-5-14(19)18-20;12-8-3-4-9(16-6-10(14)15)11-7(8)2-1-5-13-11;1-6-5-8(11)3-4-9(6)14-7(2)10(12)13/h1,8-9H,3-7H2;1-5H,6H2,(H,14,15);3-5,7H,1-2H3,(H,12,13). The first kappa shape index (κ1) is 39.8. The topological polar surface area (TPSA) is 155 Å². The number of ether oxygens (including phenoxy) is 3. The number of carboxylic acids is 2. The van der Waals surface area contributed by atoms with Crippen molar-refractivity contribution in [1.29, 1.82) is 0 Å². The summed E-state index contributed by atoms with van der Waals surface area (Å²) in [5.41, 5.74) is 1.62. The molecule has 0 radical (unpaired) electrons. The highest BCUT2D eigenvalue weighted by molar-refractivity contribution is 6.36. The molecule has 272 valence electrons. The lowest BCUT2D eigenvalue weighted by molar-refractivity contribution is -0.144. The molecule has 0 saturated heterocycles. The summed E-state index contributed by atoms with van der Waals surface area (Å²) in [4.78, 5) is 37.5. The van der Waals surface area contributed by atoms with Gasteiger partial charge in [-0.3, -0.25) is 9.55 Å². The second kappa shape index (κ2) is 18.5. The molecular weight excluding hydrogens is 758 g/mol. The number of carbonyl (C=O) groups is 2. The summed E-state index contributed by atoms with van der Waals surface area (Å²) in [5.74, 6) is 2.46. The Kier molecular flexibility index (Phi) is 14.2. The molecule has 52 heavy (non-hydrogen) atoms. The van der Waals surface area contributed by atoms with E-state index in [4.69, 9.17) is 77.3 Å². The van der Waals surface area contributed by atoms with Gasteiger partial charge in [0.1, 0.15) is 35.2 Å². The minimum atomic E-state index is -1.03. The summed E-state index contributed by atoms with van der Waals surface area (Å²) in [6, 6.07) is 15.0. The summed E-state index contributed by atoms with van der Waals surface area (Å²) < 4.78 is 18.7. The molecule has 1 atom stereocenters. The average molecular weight is 790 g/mol. The molecule has 2 N–H and O–H groups in total. The molecule has 0 spiro atoms. The fraction of sp³-hybridized carbons (Fsp3) is 0.250. The number of aryl methyl sites for hydroxylation is 2. The van der Waals surface area contributed by atoms with Crippen LogP contribution in [0.2, 0.25) is 20.1 Å². The van der Waals surface area contributed by atoms with Gasteiger partial charge in [0.15, 0.2) is 12.7 Å². The number of fused-ring (bicyclic) bond motifs is 2. The predicted octanol–water partition coefficient (Wildman–Crippen LogP) is 7.54. The van der Waals surface area contributed by atoms with Gasteiger partial charge in [0, 0.05) is 35.6 Å². The Morgan fingerprint density at radius 3 is 2.38 bits per heavy atom. The first-order valence-electron chi connectivity index (χ1n) is 15.6. The van der Waals surface area contributed by atoms with Crippen molar-refractivity contribution in [2.24, 2.45) is 0 Å². The van der Waals surface area contributed by atoms with Crippen molar-refractivity contribution in [3.63, 3.8) is 0 Å². The van der Waals surface area contributed by atoms with Crippen LogP contribution in [-0.2, 0) is 22.6 Å². The minimum absolute atomic E-state index is 0.0788. The molecule has 0 saturated carbocycles. The lowest BCUT2D eigenvalue weighted by Gasteiger charge is -2.12. The van der Waals surface area contributed by atoms with E-state index in [1.165, 1.54) is 17.7 Å². The van der Waals surface area contributed by atoms with E-state index in [2.05, 4.69) is 16.0 Å². The van der Waals surface area contributed by atoms with Crippen molar-refractivity contribution in [1.82, 2.24) is 19.3 Å². The Hall–Kier alpha value is -4.93. The lowest BCUT2D eigenvalue weighted by Crippen LogP contribution is -2.26. The van der Waals surface area contributed by atoms with Gasteiger partial charge < -0.3 is 24.4 Å². The Balaban J connectivity index is 0.000000180. The molecule has 0 fully saturated rings. The number of aromatic nitrogens is 4. The zero-order valence-electron chi connectivity index (χ0n) is 27.8. The van der Waals surface area contributed by atoms with E-state index >= 15 is 0 Å². The number of pyridine rings is 1. The Bertz CT molecular complexity index is 2180. The first-order valence-corrected chi connectivity index (χ1v) is 17.1. The van der Waals surface area contributed by atoms with E-state index in [0.29, 0.717) is 55.1 Å². The van der Waals surface area contributed by atoms with Crippen LogP contribution in [-0.4, -0.2) is 60.8 Å². The van der Waals surface area contributed by atoms with E-state index in [9.17, 15) is 14.4 Å². The number of terminal acetylenes is 1. The van der Waals surface area contributed by atoms with Crippen molar-refractivity contribution in [2.45, 2.75) is 45.8 Å². The molecule has 3 aromatic carbocycles. The zero-order valence-corrected chi connectivity index (χ0v) is 30.8. The summed E-state index contributed by atoms with van der Waals surface area (Å²) in [6.45, 7) is 3.66. The fourth-order valence-corrected chi connectivity index (χ4v) is 5.78. The average Bonchev–Trinajstić information content (AvgIpc) is 3.45. The highest BCUT2D eigenvalue weighted by atomic mass is 35.5. The largest absolute Gasteiger partial charge is 0.480 e. The van der Waals surface area contributed by atoms with Crippen molar-refractivity contribution in [3.05, 3.63) is 103 Å². The van der Waals surface area contributed by atoms with Crippen LogP contribution in [0, 0.1) is 19.3 Å². The smallest absolute Gasteiger partial charge is 0.350 e. The highest BCUT2D eigenvalue weighted by Gasteiger charge is 2.20. The zero-order chi connectivity index (χ0) is 37.9. The molecule has 12 nitrogen and oxygen atoms in total. The van der Waals surface area contributed by atoms with E-state index in [0.717, 1.165) is 36.0 Å². The first-order chi connectivity index (χ1) is 24.8. The number of hydrogen-bond acceptors (Lipinski definition) is 8. The van der Waals surface area contributed by atoms with Crippen molar-refractivity contribution in [3.8, 4) is 35.3 Å². The number of carboxylic acid groups (broad SMARTS) is 2. The van der Waals surface area contributed by atoms with Crippen LogP contribution in [0.25, 0.3) is 16.6 Å². The number of benzene rings is 3. The van der Waals surface area contributed by atoms with Gasteiger partial charge in [0.25, 0.3) is 0 Å². The molecule has 6 rings (SSSR count). The summed E-state index contributed by atoms with van der Waals surface area (Å²) >= 11 is 24.0. The molecule has 5 aromatic rings. The number of nitrogens with zero attached hydrogens (tertiary/aromatic N) is 4. The molecule has 3 heterocycles. The molecular formula is C36H32Cl4N4O8. The van der Waals surface area contributed by atoms with Crippen LogP contribution in [0.15, 0.2) is 65.6 Å². The quantitative estimate of drug-likeness (QED) is 0.143. The minimum Gasteiger partial charge on any atom is -0.480 e. The SMILES string of the molecule is C#CCOc1cc(-n2nc3n(c2=O)CCCC3)c(Cl)cc1Cl.Cc1cc(Cl)ccc1OC(C)C(=O)O.O=C(O)COc1ccc(Cl)c2cccnc12. The Labute approximate surface area is 318 Å². The van der Waals surface area contributed by atoms with Gasteiger partial charge in [0.2, 0.25) is 0 Å². The molecule has 1 aliphatic rings. The van der Waals surface area contributed by atoms with Crippen molar-refractivity contribution in [2.75, 3.05) is 13.2 Å². The van der Waals surface area contributed by atoms with Crippen LogP contribution < -0.4 is 19.9 Å². The maximum atomic E-state index is 12.5. The summed E-state index contributed by atoms with van der Waals surface area (Å²) in [7, 11) is 0. The van der Waals surface area contributed by atoms with Gasteiger partial charge >= 0.3 is 17.6 Å². The Morgan fingerprint density at radius 1 is 0.962 bits per heavy atom. The molecule has 0 bridgehead atoms. The van der Waals surface area contributed by atoms with Crippen molar-refractivity contribution >= 4 is 69.2 Å². The van der Waals surface area contributed by atoms with Crippen molar-refractivity contribution < 1.29 is 34.0 Å². The maximum absolute atomic E-state index is 12.5. The van der Waals surface area contributed by atoms with Gasteiger partial charge in [-0.1, -0.05) is 52.3 Å². The predicted molar refractivity (Wildman–Crippen MR) is 199 cm³/mol. The van der Waals surface area contributed by atoms with Crippen LogP contribution in [0.3, 0.4) is 0 Å². The monoisotopic (exact) mass is 788 g/mol. The Morgan fingerprint density at radius 2 is 1.71 bits per heavy atom. The second-order valence-corrected chi connectivity index (χ2v) is 12.7. The molecule has 0 amide bonds.